The normalized spacial score (nSPS) is 20.8. The highest BCUT2D eigenvalue weighted by molar-refractivity contribution is 5.68. The first-order valence-corrected chi connectivity index (χ1v) is 50.7. The molecule has 0 aromatic heterocycles. The third-order valence-corrected chi connectivity index (χ3v) is 29.6. The number of aryl methyl sites for hydroxylation is 5. The quantitative estimate of drug-likeness (QED) is 0.0369. The summed E-state index contributed by atoms with van der Waals surface area (Å²) in [6.45, 7) is 22.4. The van der Waals surface area contributed by atoms with Gasteiger partial charge in [0.2, 0.25) is 0 Å². The predicted molar refractivity (Wildman–Crippen MR) is 537 cm³/mol. The lowest BCUT2D eigenvalue weighted by molar-refractivity contribution is 0.303. The van der Waals surface area contributed by atoms with Crippen molar-refractivity contribution in [2.24, 2.45) is 29.6 Å². The molecule has 5 aliphatic carbocycles. The minimum atomic E-state index is 0.790. The van der Waals surface area contributed by atoms with Gasteiger partial charge in [-0.05, 0) is 317 Å². The number of hydrogen-bond donors (Lipinski definition) is 0. The van der Waals surface area contributed by atoms with Crippen LogP contribution in [0.3, 0.4) is 0 Å². The minimum Gasteiger partial charge on any atom is -0.0654 e. The zero-order chi connectivity index (χ0) is 85.3. The van der Waals surface area contributed by atoms with Crippen molar-refractivity contribution < 1.29 is 0 Å². The maximum Gasteiger partial charge on any atom is -0.0162 e. The van der Waals surface area contributed by atoms with Crippen LogP contribution >= 0.6 is 0 Å². The summed E-state index contributed by atoms with van der Waals surface area (Å²) in [5.74, 6) is 8.95. The lowest BCUT2D eigenvalue weighted by Gasteiger charge is -2.29. The van der Waals surface area contributed by atoms with Crippen LogP contribution in [0.1, 0.15) is 390 Å². The van der Waals surface area contributed by atoms with E-state index in [9.17, 15) is 0 Å². The summed E-state index contributed by atoms with van der Waals surface area (Å²) in [7, 11) is 0. The van der Waals surface area contributed by atoms with E-state index < -0.39 is 0 Å². The molecule has 5 saturated carbocycles. The number of benzene rings is 10. The highest BCUT2D eigenvalue weighted by Gasteiger charge is 2.28. The summed E-state index contributed by atoms with van der Waals surface area (Å²) >= 11 is 0. The van der Waals surface area contributed by atoms with Gasteiger partial charge in [0.05, 0.1) is 0 Å². The fourth-order valence-corrected chi connectivity index (χ4v) is 21.1. The van der Waals surface area contributed by atoms with Gasteiger partial charge in [-0.1, -0.05) is 435 Å². The molecule has 0 heteroatoms. The van der Waals surface area contributed by atoms with Crippen LogP contribution in [0.5, 0.6) is 0 Å². The van der Waals surface area contributed by atoms with Crippen molar-refractivity contribution in [3.8, 4) is 55.6 Å². The standard InChI is InChI=1S/C27H38.3C24H32.C23H30/c1-3-5-7-9-23-12-16-25(17-13-23)27-20-18-26(19-21-27)24-14-10-22(11-15-24)8-6-4-2;3*1-3-4-5-6-20-9-13-22(14-10-20)24-17-15-23(16-18-24)21-11-7-19(2)8-12-21;1-3-4-5-19-8-12-21(13-9-19)23-16-14-22(15-17-23)20-10-6-18(2)7-11-20/h10-11,14-15,18-21,23,25H,3-9,12-13,16-17H2,1-2H3;3*7-8,11-12,15-18,20,22H,3-6,9-10,13-14H2,1-2H3;6-7,10-11,14-17,19,21H,3-5,8-9,12-13H2,1-2H3. The smallest absolute Gasteiger partial charge is 0.0162 e. The van der Waals surface area contributed by atoms with Crippen LogP contribution in [-0.2, 0) is 6.42 Å². The topological polar surface area (TPSA) is 0 Å². The Labute approximate surface area is 747 Å². The van der Waals surface area contributed by atoms with Gasteiger partial charge in [-0.2, -0.15) is 0 Å². The Kier molecular flexibility index (Phi) is 41.1. The summed E-state index contributed by atoms with van der Waals surface area (Å²) < 4.78 is 0. The van der Waals surface area contributed by atoms with Crippen molar-refractivity contribution >= 4 is 0 Å². The van der Waals surface area contributed by atoms with E-state index in [0.29, 0.717) is 0 Å². The minimum absolute atomic E-state index is 0.790. The van der Waals surface area contributed by atoms with Crippen LogP contribution < -0.4 is 0 Å². The molecule has 0 aliphatic heterocycles. The molecule has 10 aromatic carbocycles. The third kappa shape index (κ3) is 31.4. The number of rotatable bonds is 32. The Hall–Kier alpha value is -7.80. The average Bonchev–Trinajstić information content (AvgIpc) is 0.849. The molecule has 0 amide bonds. The molecule has 10 aromatic rings. The Morgan fingerprint density at radius 1 is 0.164 bits per heavy atom. The van der Waals surface area contributed by atoms with E-state index in [-0.39, 0.29) is 0 Å². The van der Waals surface area contributed by atoms with Gasteiger partial charge in [-0.3, -0.25) is 0 Å². The van der Waals surface area contributed by atoms with Gasteiger partial charge >= 0.3 is 0 Å². The molecule has 0 atom stereocenters. The first-order valence-electron chi connectivity index (χ1n) is 50.7. The van der Waals surface area contributed by atoms with Crippen molar-refractivity contribution in [1.29, 1.82) is 0 Å². The summed E-state index contributed by atoms with van der Waals surface area (Å²) in [5, 5.41) is 0. The van der Waals surface area contributed by atoms with E-state index in [2.05, 4.69) is 312 Å². The van der Waals surface area contributed by atoms with E-state index in [1.54, 1.807) is 27.8 Å². The fraction of sp³-hybridized carbons (Fsp3) is 0.508. The zero-order valence-corrected chi connectivity index (χ0v) is 78.6. The summed E-state index contributed by atoms with van der Waals surface area (Å²) in [4.78, 5) is 0. The van der Waals surface area contributed by atoms with Gasteiger partial charge in [0.1, 0.15) is 0 Å². The van der Waals surface area contributed by atoms with E-state index in [4.69, 9.17) is 0 Å². The van der Waals surface area contributed by atoms with Crippen LogP contribution in [0.25, 0.3) is 55.6 Å². The van der Waals surface area contributed by atoms with Crippen molar-refractivity contribution in [2.45, 2.75) is 369 Å². The summed E-state index contributed by atoms with van der Waals surface area (Å²) in [5.41, 5.74) is 27.9. The van der Waals surface area contributed by atoms with Gasteiger partial charge < -0.3 is 0 Å². The molecule has 0 spiro atoms. The monoisotopic (exact) mass is 1630 g/mol. The Bertz CT molecular complexity index is 4090. The first kappa shape index (κ1) is 94.9. The molecule has 652 valence electrons. The van der Waals surface area contributed by atoms with E-state index in [0.717, 1.165) is 59.2 Å². The van der Waals surface area contributed by atoms with Crippen molar-refractivity contribution in [3.63, 3.8) is 0 Å². The molecule has 5 aliphatic rings. The second kappa shape index (κ2) is 52.9. The Balaban J connectivity index is 0.000000149. The van der Waals surface area contributed by atoms with E-state index in [1.165, 1.54) is 353 Å². The lowest BCUT2D eigenvalue weighted by Crippen LogP contribution is -2.13. The molecule has 0 radical (unpaired) electrons. The maximum atomic E-state index is 2.39. The molecule has 0 heterocycles. The third-order valence-electron chi connectivity index (χ3n) is 29.6. The molecule has 0 saturated heterocycles. The van der Waals surface area contributed by atoms with Crippen LogP contribution in [0.15, 0.2) is 243 Å². The molecule has 122 heavy (non-hydrogen) atoms. The van der Waals surface area contributed by atoms with E-state index in [1.807, 2.05) is 0 Å². The molecular formula is C122H164. The first-order chi connectivity index (χ1) is 59.8. The van der Waals surface area contributed by atoms with Crippen LogP contribution in [0, 0.1) is 57.3 Å². The summed E-state index contributed by atoms with van der Waals surface area (Å²) in [6.07, 6.45) is 59.0. The highest BCUT2D eigenvalue weighted by atomic mass is 14.3. The average molecular weight is 1630 g/mol. The second-order valence-electron chi connectivity index (χ2n) is 39.1. The van der Waals surface area contributed by atoms with Crippen molar-refractivity contribution in [3.05, 3.63) is 298 Å². The number of hydrogen-bond acceptors (Lipinski definition) is 0. The molecule has 0 unspecified atom stereocenters. The van der Waals surface area contributed by atoms with Crippen LogP contribution in [0.4, 0.5) is 0 Å². The van der Waals surface area contributed by atoms with Crippen molar-refractivity contribution in [1.82, 2.24) is 0 Å². The van der Waals surface area contributed by atoms with Crippen molar-refractivity contribution in [2.75, 3.05) is 0 Å². The highest BCUT2D eigenvalue weighted by Crippen LogP contribution is 2.44. The molecule has 0 N–H and O–H groups in total. The Morgan fingerprint density at radius 2 is 0.320 bits per heavy atom. The van der Waals surface area contributed by atoms with Gasteiger partial charge in [-0.15, -0.1) is 0 Å². The molecule has 5 fully saturated rings. The molecule has 0 bridgehead atoms. The Morgan fingerprint density at radius 3 is 0.492 bits per heavy atom. The molecule has 0 nitrogen and oxygen atoms in total. The SMILES string of the molecule is CCCCC1CCC(c2ccc(-c3ccc(C)cc3)cc2)CC1.CCCCCC1CCC(c2ccc(-c3ccc(C)cc3)cc2)CC1.CCCCCC1CCC(c2ccc(-c3ccc(C)cc3)cc2)CC1.CCCCCC1CCC(c2ccc(-c3ccc(C)cc3)cc2)CC1.CCCCCC1CCC(c2ccc(-c3ccc(CCCC)cc3)cc2)CC1. The van der Waals surface area contributed by atoms with Crippen LogP contribution in [-0.4, -0.2) is 0 Å². The van der Waals surface area contributed by atoms with Crippen LogP contribution in [0.2, 0.25) is 0 Å². The lowest BCUT2D eigenvalue weighted by atomic mass is 9.77. The molecular weight excluding hydrogens is 1470 g/mol. The number of unbranched alkanes of at least 4 members (excludes halogenated alkanes) is 10. The second-order valence-corrected chi connectivity index (χ2v) is 39.1. The fourth-order valence-electron chi connectivity index (χ4n) is 21.1. The maximum absolute atomic E-state index is 2.39. The predicted octanol–water partition coefficient (Wildman–Crippen LogP) is 38.2. The summed E-state index contributed by atoms with van der Waals surface area (Å²) in [6, 6.07) is 91.5. The van der Waals surface area contributed by atoms with Gasteiger partial charge in [0.15, 0.2) is 0 Å². The van der Waals surface area contributed by atoms with E-state index >= 15 is 0 Å². The largest absolute Gasteiger partial charge is 0.0654 e. The van der Waals surface area contributed by atoms with Gasteiger partial charge in [0, 0.05) is 0 Å². The molecule has 15 rings (SSSR count). The zero-order valence-electron chi connectivity index (χ0n) is 78.6. The van der Waals surface area contributed by atoms with Gasteiger partial charge in [-0.25, -0.2) is 0 Å². The van der Waals surface area contributed by atoms with Gasteiger partial charge in [0.25, 0.3) is 0 Å².